The van der Waals surface area contributed by atoms with E-state index in [4.69, 9.17) is 4.74 Å². The summed E-state index contributed by atoms with van der Waals surface area (Å²) in [5, 5.41) is 3.57. The Bertz CT molecular complexity index is 153. The summed E-state index contributed by atoms with van der Waals surface area (Å²) in [6, 6.07) is 0. The summed E-state index contributed by atoms with van der Waals surface area (Å²) >= 11 is 0. The van der Waals surface area contributed by atoms with Crippen molar-refractivity contribution in [3.8, 4) is 0 Å². The van der Waals surface area contributed by atoms with Crippen LogP contribution in [0.2, 0.25) is 0 Å². The van der Waals surface area contributed by atoms with Crippen LogP contribution in [0, 0.1) is 11.8 Å². The second kappa shape index (κ2) is 9.00. The maximum Gasteiger partial charge on any atom is 0.0477 e. The number of rotatable bonds is 8. The van der Waals surface area contributed by atoms with Gasteiger partial charge in [-0.05, 0) is 51.1 Å². The lowest BCUT2D eigenvalue weighted by Crippen LogP contribution is -2.27. The molecule has 0 atom stereocenters. The number of ether oxygens (including phenoxy) is 1. The van der Waals surface area contributed by atoms with Crippen molar-refractivity contribution in [3.05, 3.63) is 0 Å². The van der Waals surface area contributed by atoms with Crippen molar-refractivity contribution in [2.24, 2.45) is 11.8 Å². The molecule has 1 aliphatic carbocycles. The molecule has 1 fully saturated rings. The molecule has 2 nitrogen and oxygen atoms in total. The first-order valence-electron chi connectivity index (χ1n) is 7.15. The predicted octanol–water partition coefficient (Wildman–Crippen LogP) is 3.22. The zero-order valence-electron chi connectivity index (χ0n) is 11.1. The molecule has 16 heavy (non-hydrogen) atoms. The molecule has 0 saturated heterocycles. The van der Waals surface area contributed by atoms with Crippen LogP contribution in [0.4, 0.5) is 0 Å². The monoisotopic (exact) mass is 227 g/mol. The van der Waals surface area contributed by atoms with E-state index in [2.05, 4.69) is 19.2 Å². The van der Waals surface area contributed by atoms with Crippen LogP contribution in [0.5, 0.6) is 0 Å². The van der Waals surface area contributed by atoms with Gasteiger partial charge in [0.15, 0.2) is 0 Å². The van der Waals surface area contributed by atoms with Crippen LogP contribution in [0.25, 0.3) is 0 Å². The van der Waals surface area contributed by atoms with Gasteiger partial charge in [-0.25, -0.2) is 0 Å². The molecule has 0 aliphatic heterocycles. The zero-order chi connectivity index (χ0) is 11.6. The maximum atomic E-state index is 5.31. The molecule has 0 heterocycles. The van der Waals surface area contributed by atoms with Gasteiger partial charge >= 0.3 is 0 Å². The van der Waals surface area contributed by atoms with Gasteiger partial charge in [0.05, 0.1) is 0 Å². The van der Waals surface area contributed by atoms with Crippen LogP contribution in [-0.2, 0) is 4.74 Å². The van der Waals surface area contributed by atoms with Crippen LogP contribution in [0.15, 0.2) is 0 Å². The van der Waals surface area contributed by atoms with Gasteiger partial charge in [-0.3, -0.25) is 0 Å². The molecule has 0 unspecified atom stereocenters. The van der Waals surface area contributed by atoms with E-state index in [9.17, 15) is 0 Å². The van der Waals surface area contributed by atoms with Crippen molar-refractivity contribution >= 4 is 0 Å². The summed E-state index contributed by atoms with van der Waals surface area (Å²) < 4.78 is 5.31. The molecule has 0 spiro atoms. The van der Waals surface area contributed by atoms with Crippen molar-refractivity contribution in [1.82, 2.24) is 5.32 Å². The summed E-state index contributed by atoms with van der Waals surface area (Å²) in [4.78, 5) is 0. The highest BCUT2D eigenvalue weighted by atomic mass is 16.5. The highest BCUT2D eigenvalue weighted by Gasteiger charge is 2.19. The van der Waals surface area contributed by atoms with Gasteiger partial charge in [0, 0.05) is 13.2 Å². The van der Waals surface area contributed by atoms with Crippen LogP contribution in [0.1, 0.15) is 52.4 Å². The average molecular weight is 227 g/mol. The molecule has 0 radical (unpaired) electrons. The largest absolute Gasteiger partial charge is 0.382 e. The molecular weight excluding hydrogens is 198 g/mol. The van der Waals surface area contributed by atoms with Gasteiger partial charge in [-0.2, -0.15) is 0 Å². The predicted molar refractivity (Wildman–Crippen MR) is 69.7 cm³/mol. The van der Waals surface area contributed by atoms with Gasteiger partial charge in [-0.15, -0.1) is 0 Å². The standard InChI is InChI=1S/C14H29NO/c1-3-13-6-8-14(9-7-13)12-15-10-5-11-16-4-2/h13-15H,3-12H2,1-2H3. The van der Waals surface area contributed by atoms with Gasteiger partial charge in [0.1, 0.15) is 0 Å². The van der Waals surface area contributed by atoms with Crippen molar-refractivity contribution in [2.45, 2.75) is 52.4 Å². The van der Waals surface area contributed by atoms with Crippen molar-refractivity contribution in [3.63, 3.8) is 0 Å². The minimum absolute atomic E-state index is 0.848. The third-order valence-corrected chi connectivity index (χ3v) is 3.82. The Morgan fingerprint density at radius 1 is 1.06 bits per heavy atom. The second-order valence-electron chi connectivity index (χ2n) is 5.05. The molecule has 0 aromatic rings. The third kappa shape index (κ3) is 5.86. The molecule has 0 amide bonds. The van der Waals surface area contributed by atoms with Crippen LogP contribution >= 0.6 is 0 Å². The lowest BCUT2D eigenvalue weighted by atomic mass is 9.81. The average Bonchev–Trinajstić information content (AvgIpc) is 2.34. The summed E-state index contributed by atoms with van der Waals surface area (Å²) in [5.74, 6) is 1.96. The molecule has 1 rings (SSSR count). The third-order valence-electron chi connectivity index (χ3n) is 3.82. The van der Waals surface area contributed by atoms with Gasteiger partial charge in [-0.1, -0.05) is 26.2 Å². The fourth-order valence-electron chi connectivity index (χ4n) is 2.59. The number of nitrogens with one attached hydrogen (secondary N) is 1. The van der Waals surface area contributed by atoms with Crippen molar-refractivity contribution < 1.29 is 4.74 Å². The van der Waals surface area contributed by atoms with E-state index in [-0.39, 0.29) is 0 Å². The minimum Gasteiger partial charge on any atom is -0.382 e. The van der Waals surface area contributed by atoms with Crippen molar-refractivity contribution in [2.75, 3.05) is 26.3 Å². The normalized spacial score (nSPS) is 25.9. The molecule has 2 heteroatoms. The number of hydrogen-bond donors (Lipinski definition) is 1. The molecule has 0 bridgehead atoms. The number of hydrogen-bond acceptors (Lipinski definition) is 2. The Balaban J connectivity index is 1.90. The van der Waals surface area contributed by atoms with Gasteiger partial charge in [0.2, 0.25) is 0 Å². The molecule has 96 valence electrons. The second-order valence-corrected chi connectivity index (χ2v) is 5.05. The summed E-state index contributed by atoms with van der Waals surface area (Å²) in [6.07, 6.45) is 8.34. The van der Waals surface area contributed by atoms with E-state index in [1.807, 2.05) is 0 Å². The molecule has 0 aromatic heterocycles. The van der Waals surface area contributed by atoms with E-state index in [0.717, 1.165) is 38.0 Å². The lowest BCUT2D eigenvalue weighted by Gasteiger charge is -2.27. The fourth-order valence-corrected chi connectivity index (χ4v) is 2.59. The molecule has 1 aliphatic rings. The van der Waals surface area contributed by atoms with E-state index in [1.54, 1.807) is 0 Å². The quantitative estimate of drug-likeness (QED) is 0.643. The first kappa shape index (κ1) is 14.0. The lowest BCUT2D eigenvalue weighted by molar-refractivity contribution is 0.144. The van der Waals surface area contributed by atoms with E-state index in [0.29, 0.717) is 0 Å². The van der Waals surface area contributed by atoms with Crippen LogP contribution < -0.4 is 5.32 Å². The molecular formula is C14H29NO. The topological polar surface area (TPSA) is 21.3 Å². The molecule has 1 N–H and O–H groups in total. The first-order chi connectivity index (χ1) is 7.86. The zero-order valence-corrected chi connectivity index (χ0v) is 11.1. The fraction of sp³-hybridized carbons (Fsp3) is 1.00. The van der Waals surface area contributed by atoms with E-state index < -0.39 is 0 Å². The van der Waals surface area contributed by atoms with Crippen LogP contribution in [-0.4, -0.2) is 26.3 Å². The summed E-state index contributed by atoms with van der Waals surface area (Å²) in [6.45, 7) is 8.49. The smallest absolute Gasteiger partial charge is 0.0477 e. The minimum atomic E-state index is 0.848. The SMILES string of the molecule is CCOCCCNCC1CCC(CC)CC1. The first-order valence-corrected chi connectivity index (χ1v) is 7.15. The Morgan fingerprint density at radius 3 is 2.38 bits per heavy atom. The Morgan fingerprint density at radius 2 is 1.75 bits per heavy atom. The van der Waals surface area contributed by atoms with Gasteiger partial charge < -0.3 is 10.1 Å². The molecule has 0 aromatic carbocycles. The summed E-state index contributed by atoms with van der Waals surface area (Å²) in [7, 11) is 0. The maximum absolute atomic E-state index is 5.31. The molecule has 1 saturated carbocycles. The van der Waals surface area contributed by atoms with E-state index in [1.165, 1.54) is 38.6 Å². The summed E-state index contributed by atoms with van der Waals surface area (Å²) in [5.41, 5.74) is 0. The van der Waals surface area contributed by atoms with E-state index >= 15 is 0 Å². The Hall–Kier alpha value is -0.0800. The van der Waals surface area contributed by atoms with Crippen molar-refractivity contribution in [1.29, 1.82) is 0 Å². The van der Waals surface area contributed by atoms with Gasteiger partial charge in [0.25, 0.3) is 0 Å². The highest BCUT2D eigenvalue weighted by molar-refractivity contribution is 4.73. The Kier molecular flexibility index (Phi) is 7.87. The Labute approximate surface area is 101 Å². The highest BCUT2D eigenvalue weighted by Crippen LogP contribution is 2.29. The van der Waals surface area contributed by atoms with Crippen LogP contribution in [0.3, 0.4) is 0 Å².